The number of anilines is 1. The monoisotopic (exact) mass is 498 g/mol. The van der Waals surface area contributed by atoms with E-state index in [0.717, 1.165) is 17.8 Å². The van der Waals surface area contributed by atoms with Gasteiger partial charge >= 0.3 is 5.69 Å². The summed E-state index contributed by atoms with van der Waals surface area (Å²) in [5.41, 5.74) is 0.582. The Kier molecular flexibility index (Phi) is 6.02. The lowest BCUT2D eigenvalue weighted by Crippen LogP contribution is -2.33. The predicted octanol–water partition coefficient (Wildman–Crippen LogP) is 3.51. The number of aromatic hydroxyl groups is 1. The van der Waals surface area contributed by atoms with E-state index in [1.807, 2.05) is 6.07 Å². The molecule has 0 atom stereocenters. The summed E-state index contributed by atoms with van der Waals surface area (Å²) >= 11 is 6.39. The number of phenols is 1. The molecule has 12 heteroatoms. The molecule has 0 bridgehead atoms. The second-order valence-electron chi connectivity index (χ2n) is 7.28. The first kappa shape index (κ1) is 23.3. The fourth-order valence-corrected chi connectivity index (χ4v) is 4.89. The van der Waals surface area contributed by atoms with Gasteiger partial charge in [0.2, 0.25) is 5.75 Å². The number of thioether (sulfide) groups is 1. The molecular weight excluding hydrogens is 480 g/mol. The minimum absolute atomic E-state index is 0.111. The second kappa shape index (κ2) is 8.80. The van der Waals surface area contributed by atoms with Crippen molar-refractivity contribution >= 4 is 51.7 Å². The Morgan fingerprint density at radius 3 is 2.50 bits per heavy atom. The molecule has 1 aliphatic rings. The van der Waals surface area contributed by atoms with E-state index in [0.29, 0.717) is 11.4 Å². The predicted molar refractivity (Wildman–Crippen MR) is 133 cm³/mol. The largest absolute Gasteiger partial charge is 0.500 e. The number of hydrogen-bond donors (Lipinski definition) is 1. The first-order valence-electron chi connectivity index (χ1n) is 9.83. The number of nitro benzene ring substituents is 1. The second-order valence-corrected chi connectivity index (χ2v) is 8.95. The summed E-state index contributed by atoms with van der Waals surface area (Å²) in [5.74, 6) is -1.25. The van der Waals surface area contributed by atoms with E-state index in [1.165, 1.54) is 28.8 Å². The van der Waals surface area contributed by atoms with Crippen molar-refractivity contribution in [2.24, 2.45) is 7.05 Å². The van der Waals surface area contributed by atoms with Crippen LogP contribution in [0, 0.1) is 17.0 Å². The van der Waals surface area contributed by atoms with Crippen LogP contribution in [0.1, 0.15) is 11.3 Å². The zero-order valence-electron chi connectivity index (χ0n) is 18.2. The molecule has 34 heavy (non-hydrogen) atoms. The average molecular weight is 499 g/mol. The van der Waals surface area contributed by atoms with Crippen LogP contribution >= 0.6 is 24.0 Å². The first-order valence-corrected chi connectivity index (χ1v) is 11.1. The molecule has 0 saturated carbocycles. The summed E-state index contributed by atoms with van der Waals surface area (Å²) in [4.78, 5) is 38.5. The highest BCUT2D eigenvalue weighted by atomic mass is 32.2. The van der Waals surface area contributed by atoms with Crippen molar-refractivity contribution in [2.75, 3.05) is 12.0 Å². The maximum absolute atomic E-state index is 13.3. The third kappa shape index (κ3) is 3.76. The van der Waals surface area contributed by atoms with Gasteiger partial charge in [0.25, 0.3) is 11.5 Å². The summed E-state index contributed by atoms with van der Waals surface area (Å²) in [6.45, 7) is 1.71. The van der Waals surface area contributed by atoms with Crippen molar-refractivity contribution in [1.82, 2.24) is 9.36 Å². The summed E-state index contributed by atoms with van der Waals surface area (Å²) in [6, 6.07) is 11.5. The first-order chi connectivity index (χ1) is 16.1. The van der Waals surface area contributed by atoms with Gasteiger partial charge in [-0.25, -0.2) is 4.68 Å². The van der Waals surface area contributed by atoms with E-state index >= 15 is 0 Å². The number of aromatic nitrogens is 2. The summed E-state index contributed by atoms with van der Waals surface area (Å²) in [7, 11) is 2.97. The number of benzene rings is 2. The number of nitrogens with zero attached hydrogens (tertiary/aromatic N) is 4. The van der Waals surface area contributed by atoms with E-state index < -0.39 is 27.8 Å². The van der Waals surface area contributed by atoms with Gasteiger partial charge in [-0.3, -0.25) is 29.3 Å². The van der Waals surface area contributed by atoms with Crippen LogP contribution in [0.25, 0.3) is 11.8 Å². The number of amides is 1. The van der Waals surface area contributed by atoms with Gasteiger partial charge in [0.1, 0.15) is 5.69 Å². The molecule has 0 aliphatic carbocycles. The highest BCUT2D eigenvalue weighted by molar-refractivity contribution is 8.27. The highest BCUT2D eigenvalue weighted by Gasteiger charge is 2.38. The third-order valence-corrected chi connectivity index (χ3v) is 6.63. The summed E-state index contributed by atoms with van der Waals surface area (Å²) < 4.78 is 8.25. The number of phenolic OH excluding ortho intramolecular Hbond substituents is 1. The fraction of sp³-hybridized carbons (Fsp3) is 0.136. The Morgan fingerprint density at radius 2 is 1.88 bits per heavy atom. The van der Waals surface area contributed by atoms with Gasteiger partial charge in [-0.05, 0) is 36.8 Å². The number of ether oxygens (including phenoxy) is 1. The zero-order valence-corrected chi connectivity index (χ0v) is 19.8. The quantitative estimate of drug-likeness (QED) is 0.246. The number of carbonyl (C=O) groups is 1. The van der Waals surface area contributed by atoms with Crippen molar-refractivity contribution < 1.29 is 19.6 Å². The maximum Gasteiger partial charge on any atom is 0.315 e. The SMILES string of the molecule is COc1cc(/C=C2\SC(=S)N(c3c(C)n(C)n(-c4ccccc4)c3=O)C2=O)cc([N+](=O)[O-])c1O. The lowest BCUT2D eigenvalue weighted by Gasteiger charge is -2.12. The van der Waals surface area contributed by atoms with Crippen LogP contribution in [-0.4, -0.2) is 36.7 Å². The van der Waals surface area contributed by atoms with Crippen LogP contribution < -0.4 is 15.2 Å². The Balaban J connectivity index is 1.79. The van der Waals surface area contributed by atoms with Crippen LogP contribution in [0.15, 0.2) is 52.2 Å². The molecule has 1 N–H and O–H groups in total. The van der Waals surface area contributed by atoms with Gasteiger partial charge in [-0.15, -0.1) is 0 Å². The average Bonchev–Trinajstić information content (AvgIpc) is 3.20. The number of rotatable bonds is 5. The molecule has 1 saturated heterocycles. The van der Waals surface area contributed by atoms with Gasteiger partial charge in [-0.2, -0.15) is 0 Å². The van der Waals surface area contributed by atoms with Gasteiger partial charge < -0.3 is 9.84 Å². The lowest BCUT2D eigenvalue weighted by atomic mass is 10.1. The molecule has 2 heterocycles. The molecule has 1 fully saturated rings. The number of nitro groups is 1. The van der Waals surface area contributed by atoms with Crippen molar-refractivity contribution in [3.8, 4) is 17.2 Å². The smallest absolute Gasteiger partial charge is 0.315 e. The van der Waals surface area contributed by atoms with Crippen molar-refractivity contribution in [1.29, 1.82) is 0 Å². The van der Waals surface area contributed by atoms with Crippen LogP contribution in [0.4, 0.5) is 11.4 Å². The minimum atomic E-state index is -0.750. The van der Waals surface area contributed by atoms with Gasteiger partial charge in [0.15, 0.2) is 10.1 Å². The van der Waals surface area contributed by atoms with E-state index in [-0.39, 0.29) is 26.2 Å². The van der Waals surface area contributed by atoms with Crippen LogP contribution in [0.2, 0.25) is 0 Å². The molecule has 174 valence electrons. The molecule has 10 nitrogen and oxygen atoms in total. The van der Waals surface area contributed by atoms with E-state index in [4.69, 9.17) is 17.0 Å². The van der Waals surface area contributed by atoms with E-state index in [2.05, 4.69) is 0 Å². The topological polar surface area (TPSA) is 120 Å². The molecule has 0 radical (unpaired) electrons. The third-order valence-electron chi connectivity index (χ3n) is 5.33. The number of hydrogen-bond acceptors (Lipinski definition) is 8. The van der Waals surface area contributed by atoms with E-state index in [9.17, 15) is 24.8 Å². The number of thiocarbonyl (C=S) groups is 1. The molecule has 4 rings (SSSR count). The zero-order chi connectivity index (χ0) is 24.7. The Morgan fingerprint density at radius 1 is 1.21 bits per heavy atom. The molecular formula is C22H18N4O6S2. The summed E-state index contributed by atoms with van der Waals surface area (Å²) in [6.07, 6.45) is 1.41. The molecule has 3 aromatic rings. The van der Waals surface area contributed by atoms with Crippen molar-refractivity contribution in [3.63, 3.8) is 0 Å². The van der Waals surface area contributed by atoms with Crippen LogP contribution in [-0.2, 0) is 11.8 Å². The van der Waals surface area contributed by atoms with Crippen molar-refractivity contribution in [3.05, 3.63) is 79.1 Å². The minimum Gasteiger partial charge on any atom is -0.500 e. The standard InChI is InChI=1S/C22H18N4O6S2/c1-12-18(21(29)25(23(12)2)14-7-5-4-6-8-14)24-20(28)17(34-22(24)33)11-13-9-15(26(30)31)19(27)16(10-13)32-3/h4-11,27H,1-3H3/b17-11-. The molecule has 0 spiro atoms. The molecule has 1 aliphatic heterocycles. The van der Waals surface area contributed by atoms with Gasteiger partial charge in [0.05, 0.1) is 28.3 Å². The molecule has 2 aromatic carbocycles. The maximum atomic E-state index is 13.3. The van der Waals surface area contributed by atoms with Gasteiger partial charge in [-0.1, -0.05) is 42.2 Å². The molecule has 1 aromatic heterocycles. The Bertz CT molecular complexity index is 1440. The Labute approximate surface area is 202 Å². The van der Waals surface area contributed by atoms with E-state index in [1.54, 1.807) is 42.9 Å². The molecule has 0 unspecified atom stereocenters. The Hall–Kier alpha value is -3.90. The lowest BCUT2D eigenvalue weighted by molar-refractivity contribution is -0.386. The fourth-order valence-electron chi connectivity index (χ4n) is 3.62. The molecule has 1 amide bonds. The normalized spacial score (nSPS) is 14.8. The van der Waals surface area contributed by atoms with Crippen LogP contribution in [0.5, 0.6) is 11.5 Å². The van der Waals surface area contributed by atoms with Crippen molar-refractivity contribution in [2.45, 2.75) is 6.92 Å². The highest BCUT2D eigenvalue weighted by Crippen LogP contribution is 2.40. The van der Waals surface area contributed by atoms with Gasteiger partial charge in [0, 0.05) is 13.1 Å². The van der Waals surface area contributed by atoms with Crippen LogP contribution in [0.3, 0.4) is 0 Å². The summed E-state index contributed by atoms with van der Waals surface area (Å²) in [5, 5.41) is 21.3. The number of methoxy groups -OCH3 is 1. The number of para-hydroxylation sites is 1. The number of carbonyl (C=O) groups excluding carboxylic acids is 1.